The average molecular weight is 291 g/mol. The van der Waals surface area contributed by atoms with Crippen molar-refractivity contribution in [1.82, 2.24) is 15.3 Å². The Kier molecular flexibility index (Phi) is 4.30. The quantitative estimate of drug-likeness (QED) is 0.759. The minimum Gasteiger partial charge on any atom is -0.352 e. The lowest BCUT2D eigenvalue weighted by Crippen LogP contribution is -2.25. The third-order valence-electron chi connectivity index (χ3n) is 3.46. The third-order valence-corrected chi connectivity index (χ3v) is 3.46. The van der Waals surface area contributed by atoms with E-state index in [4.69, 9.17) is 0 Å². The van der Waals surface area contributed by atoms with Crippen molar-refractivity contribution in [2.75, 3.05) is 6.54 Å². The third kappa shape index (κ3) is 3.41. The predicted molar refractivity (Wildman–Crippen MR) is 86.5 cm³/mol. The maximum Gasteiger partial charge on any atom is 0.251 e. The number of hydrogen-bond donors (Lipinski definition) is 2. The van der Waals surface area contributed by atoms with Crippen LogP contribution in [-0.2, 0) is 6.42 Å². The molecular formula is C18H17N3O. The fourth-order valence-corrected chi connectivity index (χ4v) is 2.28. The highest BCUT2D eigenvalue weighted by atomic mass is 16.1. The van der Waals surface area contributed by atoms with Gasteiger partial charge in [0.15, 0.2) is 0 Å². The van der Waals surface area contributed by atoms with Gasteiger partial charge in [-0.05, 0) is 23.3 Å². The predicted octanol–water partition coefficient (Wildman–Crippen LogP) is 3.05. The Morgan fingerprint density at radius 1 is 1.00 bits per heavy atom. The van der Waals surface area contributed by atoms with E-state index in [1.54, 1.807) is 12.4 Å². The zero-order chi connectivity index (χ0) is 15.2. The molecule has 110 valence electrons. The molecule has 0 aliphatic carbocycles. The molecule has 4 heteroatoms. The number of rotatable bonds is 5. The lowest BCUT2D eigenvalue weighted by molar-refractivity contribution is 0.0954. The summed E-state index contributed by atoms with van der Waals surface area (Å²) in [6, 6.07) is 17.7. The lowest BCUT2D eigenvalue weighted by Gasteiger charge is -2.06. The van der Waals surface area contributed by atoms with E-state index in [2.05, 4.69) is 27.4 Å². The second-order valence-electron chi connectivity index (χ2n) is 4.99. The van der Waals surface area contributed by atoms with Gasteiger partial charge in [-0.25, -0.2) is 4.98 Å². The summed E-state index contributed by atoms with van der Waals surface area (Å²) in [5.41, 5.74) is 2.92. The molecule has 0 saturated carbocycles. The van der Waals surface area contributed by atoms with Gasteiger partial charge in [0, 0.05) is 30.9 Å². The van der Waals surface area contributed by atoms with Crippen molar-refractivity contribution in [2.45, 2.75) is 6.42 Å². The number of carbonyl (C=O) groups is 1. The van der Waals surface area contributed by atoms with Gasteiger partial charge in [-0.1, -0.05) is 42.5 Å². The molecule has 2 aromatic carbocycles. The first kappa shape index (κ1) is 14.1. The maximum absolute atomic E-state index is 12.1. The van der Waals surface area contributed by atoms with Crippen LogP contribution in [0.2, 0.25) is 0 Å². The van der Waals surface area contributed by atoms with Crippen LogP contribution in [0.1, 0.15) is 16.2 Å². The largest absolute Gasteiger partial charge is 0.352 e. The number of aromatic amines is 1. The second-order valence-corrected chi connectivity index (χ2v) is 4.99. The highest BCUT2D eigenvalue weighted by Crippen LogP contribution is 2.19. The van der Waals surface area contributed by atoms with E-state index in [0.29, 0.717) is 18.5 Å². The maximum atomic E-state index is 12.1. The summed E-state index contributed by atoms with van der Waals surface area (Å²) in [5, 5.41) is 2.90. The van der Waals surface area contributed by atoms with Crippen LogP contribution in [0.5, 0.6) is 0 Å². The molecule has 0 aliphatic heterocycles. The SMILES string of the molecule is O=C(NCCc1ncc[nH]1)c1ccc(-c2ccccc2)cc1. The standard InChI is InChI=1S/C18H17N3O/c22-18(21-11-10-17-19-12-13-20-17)16-8-6-15(7-9-16)14-4-2-1-3-5-14/h1-9,12-13H,10-11H2,(H,19,20)(H,21,22). The molecule has 0 unspecified atom stereocenters. The van der Waals surface area contributed by atoms with E-state index in [1.165, 1.54) is 0 Å². The summed E-state index contributed by atoms with van der Waals surface area (Å²) in [5.74, 6) is 0.811. The number of amides is 1. The Balaban J connectivity index is 1.59. The normalized spacial score (nSPS) is 10.4. The van der Waals surface area contributed by atoms with E-state index >= 15 is 0 Å². The fourth-order valence-electron chi connectivity index (χ4n) is 2.28. The summed E-state index contributed by atoms with van der Waals surface area (Å²) < 4.78 is 0. The van der Waals surface area contributed by atoms with Crippen LogP contribution in [0.15, 0.2) is 67.0 Å². The van der Waals surface area contributed by atoms with Gasteiger partial charge in [-0.3, -0.25) is 4.79 Å². The Morgan fingerprint density at radius 3 is 2.41 bits per heavy atom. The molecule has 1 heterocycles. The van der Waals surface area contributed by atoms with Crippen LogP contribution in [0.3, 0.4) is 0 Å². The molecule has 3 aromatic rings. The molecule has 0 radical (unpaired) electrons. The average Bonchev–Trinajstić information content (AvgIpc) is 3.09. The van der Waals surface area contributed by atoms with Gasteiger partial charge in [0.2, 0.25) is 0 Å². The lowest BCUT2D eigenvalue weighted by atomic mass is 10.0. The van der Waals surface area contributed by atoms with E-state index in [1.807, 2.05) is 42.5 Å². The molecule has 0 atom stereocenters. The number of nitrogens with one attached hydrogen (secondary N) is 2. The van der Waals surface area contributed by atoms with Gasteiger partial charge in [0.25, 0.3) is 5.91 Å². The second kappa shape index (κ2) is 6.72. The summed E-state index contributed by atoms with van der Waals surface area (Å²) >= 11 is 0. The Labute approximate surface area is 129 Å². The van der Waals surface area contributed by atoms with Gasteiger partial charge in [-0.15, -0.1) is 0 Å². The molecule has 1 amide bonds. The van der Waals surface area contributed by atoms with Crippen molar-refractivity contribution in [3.8, 4) is 11.1 Å². The topological polar surface area (TPSA) is 57.8 Å². The number of hydrogen-bond acceptors (Lipinski definition) is 2. The molecule has 4 nitrogen and oxygen atoms in total. The zero-order valence-electron chi connectivity index (χ0n) is 12.1. The number of H-pyrrole nitrogens is 1. The van der Waals surface area contributed by atoms with E-state index < -0.39 is 0 Å². The Hall–Kier alpha value is -2.88. The Bertz CT molecular complexity index is 719. The molecule has 0 bridgehead atoms. The van der Waals surface area contributed by atoms with Crippen LogP contribution in [0.4, 0.5) is 0 Å². The molecule has 0 aliphatic rings. The number of nitrogens with zero attached hydrogens (tertiary/aromatic N) is 1. The molecule has 2 N–H and O–H groups in total. The van der Waals surface area contributed by atoms with Crippen LogP contribution < -0.4 is 5.32 Å². The van der Waals surface area contributed by atoms with Crippen molar-refractivity contribution in [3.63, 3.8) is 0 Å². The highest BCUT2D eigenvalue weighted by molar-refractivity contribution is 5.94. The van der Waals surface area contributed by atoms with Gasteiger partial charge < -0.3 is 10.3 Å². The van der Waals surface area contributed by atoms with Gasteiger partial charge in [0.1, 0.15) is 5.82 Å². The van der Waals surface area contributed by atoms with Crippen molar-refractivity contribution in [3.05, 3.63) is 78.4 Å². The van der Waals surface area contributed by atoms with Crippen molar-refractivity contribution in [1.29, 1.82) is 0 Å². The Morgan fingerprint density at radius 2 is 1.73 bits per heavy atom. The smallest absolute Gasteiger partial charge is 0.251 e. The van der Waals surface area contributed by atoms with E-state index in [0.717, 1.165) is 17.0 Å². The first-order valence-electron chi connectivity index (χ1n) is 7.25. The molecule has 0 spiro atoms. The molecule has 22 heavy (non-hydrogen) atoms. The van der Waals surface area contributed by atoms with Crippen LogP contribution in [0, 0.1) is 0 Å². The molecule has 3 rings (SSSR count). The summed E-state index contributed by atoms with van der Waals surface area (Å²) in [6.45, 7) is 0.562. The monoisotopic (exact) mass is 291 g/mol. The van der Waals surface area contributed by atoms with Gasteiger partial charge in [-0.2, -0.15) is 0 Å². The molecule has 0 saturated heterocycles. The summed E-state index contributed by atoms with van der Waals surface area (Å²) in [6.07, 6.45) is 4.18. The number of aromatic nitrogens is 2. The van der Waals surface area contributed by atoms with Crippen LogP contribution in [0.25, 0.3) is 11.1 Å². The number of imidazole rings is 1. The van der Waals surface area contributed by atoms with Crippen molar-refractivity contribution < 1.29 is 4.79 Å². The van der Waals surface area contributed by atoms with Gasteiger partial charge in [0.05, 0.1) is 0 Å². The van der Waals surface area contributed by atoms with E-state index in [9.17, 15) is 4.79 Å². The molecule has 0 fully saturated rings. The first-order valence-corrected chi connectivity index (χ1v) is 7.25. The van der Waals surface area contributed by atoms with Crippen molar-refractivity contribution in [2.24, 2.45) is 0 Å². The van der Waals surface area contributed by atoms with Gasteiger partial charge >= 0.3 is 0 Å². The molecule has 1 aromatic heterocycles. The number of benzene rings is 2. The van der Waals surface area contributed by atoms with Crippen LogP contribution >= 0.6 is 0 Å². The summed E-state index contributed by atoms with van der Waals surface area (Å²) in [4.78, 5) is 19.2. The highest BCUT2D eigenvalue weighted by Gasteiger charge is 2.05. The van der Waals surface area contributed by atoms with Crippen LogP contribution in [-0.4, -0.2) is 22.4 Å². The number of carbonyl (C=O) groups excluding carboxylic acids is 1. The fraction of sp³-hybridized carbons (Fsp3) is 0.111. The minimum atomic E-state index is -0.0637. The minimum absolute atomic E-state index is 0.0637. The van der Waals surface area contributed by atoms with E-state index in [-0.39, 0.29) is 5.91 Å². The van der Waals surface area contributed by atoms with Crippen molar-refractivity contribution >= 4 is 5.91 Å². The zero-order valence-corrected chi connectivity index (χ0v) is 12.1. The molecular weight excluding hydrogens is 274 g/mol. The summed E-state index contributed by atoms with van der Waals surface area (Å²) in [7, 11) is 0. The first-order chi connectivity index (χ1) is 10.8.